The van der Waals surface area contributed by atoms with Crippen LogP contribution in [-0.4, -0.2) is 25.1 Å². The van der Waals surface area contributed by atoms with Crippen LogP contribution in [0.3, 0.4) is 0 Å². The van der Waals surface area contributed by atoms with Gasteiger partial charge < -0.3 is 10.2 Å². The summed E-state index contributed by atoms with van der Waals surface area (Å²) >= 11 is 0. The predicted molar refractivity (Wildman–Crippen MR) is 91.0 cm³/mol. The molecule has 2 heterocycles. The van der Waals surface area contributed by atoms with Gasteiger partial charge in [0, 0.05) is 30.4 Å². The van der Waals surface area contributed by atoms with Crippen LogP contribution >= 0.6 is 0 Å². The van der Waals surface area contributed by atoms with Crippen LogP contribution in [0.15, 0.2) is 48.5 Å². The van der Waals surface area contributed by atoms with E-state index in [1.54, 1.807) is 0 Å². The Morgan fingerprint density at radius 2 is 1.46 bits per heavy atom. The summed E-state index contributed by atoms with van der Waals surface area (Å²) < 4.78 is 28.6. The Labute approximate surface area is 140 Å². The van der Waals surface area contributed by atoms with Crippen LogP contribution in [0, 0.1) is 11.8 Å². The minimum Gasteiger partial charge on any atom is -0.336 e. The highest BCUT2D eigenvalue weighted by Gasteiger charge is 2.72. The molecule has 4 heteroatoms. The van der Waals surface area contributed by atoms with Crippen molar-refractivity contribution in [3.05, 3.63) is 59.7 Å². The number of benzene rings is 2. The van der Waals surface area contributed by atoms with E-state index >= 15 is 0 Å². The van der Waals surface area contributed by atoms with Gasteiger partial charge in [-0.05, 0) is 36.1 Å². The highest BCUT2D eigenvalue weighted by atomic mass is 19.3. The van der Waals surface area contributed by atoms with Crippen molar-refractivity contribution in [2.45, 2.75) is 24.8 Å². The molecular weight excluding hydrogens is 306 g/mol. The van der Waals surface area contributed by atoms with Gasteiger partial charge in [0.25, 0.3) is 5.92 Å². The molecule has 2 fully saturated rings. The third kappa shape index (κ3) is 1.95. The first-order valence-electron chi connectivity index (χ1n) is 8.71. The standard InChI is InChI=1S/C20H20F2N2/c21-20(22)15-11-23-12-18(19(15)20)24-16-7-3-1-5-13(16)9-10-14-6-2-4-8-17(14)24/h1-8,15,18-19,23H,9-12H2. The summed E-state index contributed by atoms with van der Waals surface area (Å²) in [6, 6.07) is 16.3. The van der Waals surface area contributed by atoms with E-state index in [9.17, 15) is 8.78 Å². The third-order valence-corrected chi connectivity index (χ3v) is 5.89. The second-order valence-electron chi connectivity index (χ2n) is 7.16. The van der Waals surface area contributed by atoms with Gasteiger partial charge >= 0.3 is 0 Å². The summed E-state index contributed by atoms with van der Waals surface area (Å²) in [7, 11) is 0. The van der Waals surface area contributed by atoms with Crippen LogP contribution in [0.4, 0.5) is 20.2 Å². The lowest BCUT2D eigenvalue weighted by molar-refractivity contribution is 0.0845. The van der Waals surface area contributed by atoms with E-state index in [-0.39, 0.29) is 6.04 Å². The van der Waals surface area contributed by atoms with Gasteiger partial charge in [0.05, 0.1) is 12.0 Å². The monoisotopic (exact) mass is 326 g/mol. The topological polar surface area (TPSA) is 15.3 Å². The summed E-state index contributed by atoms with van der Waals surface area (Å²) in [6.07, 6.45) is 1.91. The molecule has 0 bridgehead atoms. The quantitative estimate of drug-likeness (QED) is 0.858. The van der Waals surface area contributed by atoms with E-state index in [1.807, 2.05) is 24.3 Å². The fourth-order valence-corrected chi connectivity index (χ4v) is 4.64. The first kappa shape index (κ1) is 14.4. The number of nitrogens with zero attached hydrogens (tertiary/aromatic N) is 1. The van der Waals surface area contributed by atoms with E-state index in [4.69, 9.17) is 0 Å². The molecule has 3 aliphatic rings. The van der Waals surface area contributed by atoms with Crippen LogP contribution in [0.25, 0.3) is 0 Å². The third-order valence-electron chi connectivity index (χ3n) is 5.89. The number of rotatable bonds is 1. The Balaban J connectivity index is 1.67. The van der Waals surface area contributed by atoms with Crippen molar-refractivity contribution in [1.29, 1.82) is 0 Å². The van der Waals surface area contributed by atoms with E-state index in [0.29, 0.717) is 13.1 Å². The molecule has 0 amide bonds. The van der Waals surface area contributed by atoms with Crippen molar-refractivity contribution >= 4 is 11.4 Å². The second kappa shape index (κ2) is 5.03. The van der Waals surface area contributed by atoms with Crippen LogP contribution in [0.5, 0.6) is 0 Å². The summed E-state index contributed by atoms with van der Waals surface area (Å²) in [5, 5.41) is 3.24. The van der Waals surface area contributed by atoms with E-state index in [0.717, 1.165) is 24.2 Å². The maximum absolute atomic E-state index is 14.3. The largest absolute Gasteiger partial charge is 0.336 e. The Hall–Kier alpha value is -1.94. The lowest BCUT2D eigenvalue weighted by atomic mass is 10.0. The maximum atomic E-state index is 14.3. The van der Waals surface area contributed by atoms with E-state index in [1.165, 1.54) is 11.1 Å². The van der Waals surface area contributed by atoms with Gasteiger partial charge in [-0.3, -0.25) is 0 Å². The number of fused-ring (bicyclic) bond motifs is 3. The Morgan fingerprint density at radius 3 is 2.08 bits per heavy atom. The van der Waals surface area contributed by atoms with Crippen LogP contribution < -0.4 is 10.2 Å². The fraction of sp³-hybridized carbons (Fsp3) is 0.400. The van der Waals surface area contributed by atoms with Crippen molar-refractivity contribution in [2.75, 3.05) is 18.0 Å². The van der Waals surface area contributed by atoms with Crippen molar-refractivity contribution < 1.29 is 8.78 Å². The molecule has 2 aromatic carbocycles. The molecule has 1 saturated heterocycles. The van der Waals surface area contributed by atoms with Crippen LogP contribution in [0.1, 0.15) is 11.1 Å². The van der Waals surface area contributed by atoms with Gasteiger partial charge in [-0.15, -0.1) is 0 Å². The molecule has 0 aromatic heterocycles. The van der Waals surface area contributed by atoms with Gasteiger partial charge in [0.1, 0.15) is 0 Å². The zero-order chi connectivity index (χ0) is 16.3. The molecule has 2 aliphatic heterocycles. The number of hydrogen-bond acceptors (Lipinski definition) is 2. The Kier molecular flexibility index (Phi) is 3.02. The molecule has 5 rings (SSSR count). The van der Waals surface area contributed by atoms with Crippen molar-refractivity contribution in [3.63, 3.8) is 0 Å². The number of para-hydroxylation sites is 2. The van der Waals surface area contributed by atoms with E-state index < -0.39 is 17.8 Å². The van der Waals surface area contributed by atoms with Crippen LogP contribution in [-0.2, 0) is 12.8 Å². The number of halogens is 2. The number of alkyl halides is 2. The highest BCUT2D eigenvalue weighted by Crippen LogP contribution is 2.60. The number of piperidine rings is 1. The van der Waals surface area contributed by atoms with Gasteiger partial charge in [0.15, 0.2) is 0 Å². The van der Waals surface area contributed by atoms with Gasteiger partial charge in [-0.2, -0.15) is 0 Å². The molecular formula is C20H20F2N2. The molecule has 1 saturated carbocycles. The number of aryl methyl sites for hydroxylation is 2. The molecule has 2 nitrogen and oxygen atoms in total. The first-order valence-corrected chi connectivity index (χ1v) is 8.71. The molecule has 1 N–H and O–H groups in total. The SMILES string of the molecule is FC1(F)C2CNCC(N3c4ccccc4CCc4ccccc43)C21. The average molecular weight is 326 g/mol. The molecule has 2 aromatic rings. The molecule has 3 atom stereocenters. The van der Waals surface area contributed by atoms with Crippen molar-refractivity contribution in [1.82, 2.24) is 5.32 Å². The van der Waals surface area contributed by atoms with Gasteiger partial charge in [-0.25, -0.2) is 8.78 Å². The smallest absolute Gasteiger partial charge is 0.258 e. The summed E-state index contributed by atoms with van der Waals surface area (Å²) in [5.41, 5.74) is 4.69. The molecule has 3 unspecified atom stereocenters. The normalized spacial score (nSPS) is 29.9. The molecule has 24 heavy (non-hydrogen) atoms. The summed E-state index contributed by atoms with van der Waals surface area (Å²) in [6.45, 7) is 1.05. The maximum Gasteiger partial charge on any atom is 0.258 e. The molecule has 1 aliphatic carbocycles. The fourth-order valence-electron chi connectivity index (χ4n) is 4.64. The second-order valence-corrected chi connectivity index (χ2v) is 7.16. The summed E-state index contributed by atoms with van der Waals surface area (Å²) in [5.74, 6) is -3.60. The number of anilines is 2. The zero-order valence-corrected chi connectivity index (χ0v) is 13.4. The first-order chi connectivity index (χ1) is 11.7. The molecule has 0 radical (unpaired) electrons. The summed E-state index contributed by atoms with van der Waals surface area (Å²) in [4.78, 5) is 2.20. The van der Waals surface area contributed by atoms with E-state index in [2.05, 4.69) is 34.5 Å². The average Bonchev–Trinajstić information content (AvgIpc) is 3.23. The van der Waals surface area contributed by atoms with Crippen molar-refractivity contribution in [2.24, 2.45) is 11.8 Å². The lowest BCUT2D eigenvalue weighted by Gasteiger charge is -2.37. The number of hydrogen-bond donors (Lipinski definition) is 1. The van der Waals surface area contributed by atoms with Gasteiger partial charge in [-0.1, -0.05) is 36.4 Å². The Bertz CT molecular complexity index is 741. The minimum absolute atomic E-state index is 0.195. The number of nitrogens with one attached hydrogen (secondary N) is 1. The lowest BCUT2D eigenvalue weighted by Crippen LogP contribution is -2.46. The molecule has 0 spiro atoms. The Morgan fingerprint density at radius 1 is 0.875 bits per heavy atom. The predicted octanol–water partition coefficient (Wildman–Crippen LogP) is 3.78. The van der Waals surface area contributed by atoms with Crippen molar-refractivity contribution in [3.8, 4) is 0 Å². The molecule has 124 valence electrons. The van der Waals surface area contributed by atoms with Gasteiger partial charge in [0.2, 0.25) is 0 Å². The van der Waals surface area contributed by atoms with Crippen LogP contribution in [0.2, 0.25) is 0 Å². The highest BCUT2D eigenvalue weighted by molar-refractivity contribution is 5.72. The zero-order valence-electron chi connectivity index (χ0n) is 13.4. The minimum atomic E-state index is -2.54.